The molecular formula is C9H7N3O2S. The second-order valence-electron chi connectivity index (χ2n) is 2.77. The van der Waals surface area contributed by atoms with Gasteiger partial charge in [0.05, 0.1) is 5.69 Å². The van der Waals surface area contributed by atoms with Gasteiger partial charge in [-0.2, -0.15) is 0 Å². The van der Waals surface area contributed by atoms with Crippen LogP contribution in [0.3, 0.4) is 0 Å². The molecule has 0 radical (unpaired) electrons. The van der Waals surface area contributed by atoms with Gasteiger partial charge in [0.2, 0.25) is 0 Å². The van der Waals surface area contributed by atoms with Crippen LogP contribution in [0, 0.1) is 0 Å². The molecule has 0 fully saturated rings. The van der Waals surface area contributed by atoms with Gasteiger partial charge in [-0.25, -0.2) is 9.78 Å². The molecule has 0 aliphatic carbocycles. The monoisotopic (exact) mass is 221 g/mol. The summed E-state index contributed by atoms with van der Waals surface area (Å²) >= 11 is 0.964. The van der Waals surface area contributed by atoms with Crippen molar-refractivity contribution in [3.8, 4) is 11.3 Å². The Morgan fingerprint density at radius 1 is 1.40 bits per heavy atom. The molecule has 6 heteroatoms. The van der Waals surface area contributed by atoms with Gasteiger partial charge in [-0.3, -0.25) is 4.98 Å². The molecular weight excluding hydrogens is 214 g/mol. The van der Waals surface area contributed by atoms with Crippen molar-refractivity contribution in [2.75, 3.05) is 5.73 Å². The van der Waals surface area contributed by atoms with Crippen LogP contribution in [0.1, 0.15) is 9.67 Å². The van der Waals surface area contributed by atoms with Gasteiger partial charge in [0.1, 0.15) is 4.88 Å². The average molecular weight is 221 g/mol. The van der Waals surface area contributed by atoms with Crippen molar-refractivity contribution in [2.24, 2.45) is 0 Å². The maximum atomic E-state index is 10.9. The van der Waals surface area contributed by atoms with Crippen molar-refractivity contribution < 1.29 is 9.90 Å². The number of aromatic nitrogens is 2. The predicted octanol–water partition coefficient (Wildman–Crippen LogP) is 1.49. The quantitative estimate of drug-likeness (QED) is 0.801. The van der Waals surface area contributed by atoms with E-state index in [2.05, 4.69) is 9.97 Å². The number of hydrogen-bond donors (Lipinski definition) is 2. The number of anilines is 1. The molecule has 2 aromatic heterocycles. The first-order chi connectivity index (χ1) is 7.18. The molecule has 2 aromatic rings. The van der Waals surface area contributed by atoms with Crippen molar-refractivity contribution in [1.29, 1.82) is 0 Å². The van der Waals surface area contributed by atoms with Crippen LogP contribution >= 0.6 is 11.3 Å². The minimum absolute atomic E-state index is 0.152. The number of pyridine rings is 1. The van der Waals surface area contributed by atoms with E-state index in [-0.39, 0.29) is 10.0 Å². The smallest absolute Gasteiger partial charge is 0.348 e. The molecule has 15 heavy (non-hydrogen) atoms. The summed E-state index contributed by atoms with van der Waals surface area (Å²) < 4.78 is 0. The lowest BCUT2D eigenvalue weighted by Gasteiger charge is -1.96. The zero-order chi connectivity index (χ0) is 10.8. The number of thiazole rings is 1. The van der Waals surface area contributed by atoms with Crippen LogP contribution in [-0.2, 0) is 0 Å². The maximum Gasteiger partial charge on any atom is 0.348 e. The molecule has 2 heterocycles. The summed E-state index contributed by atoms with van der Waals surface area (Å²) in [7, 11) is 0. The summed E-state index contributed by atoms with van der Waals surface area (Å²) in [5, 5.41) is 9.19. The number of nitrogens with zero attached hydrogens (tertiary/aromatic N) is 2. The average Bonchev–Trinajstić information content (AvgIpc) is 2.62. The summed E-state index contributed by atoms with van der Waals surface area (Å²) in [5.74, 6) is -1.02. The molecule has 0 aliphatic rings. The summed E-state index contributed by atoms with van der Waals surface area (Å²) in [5.41, 5.74) is 6.58. The molecule has 0 amide bonds. The second-order valence-corrected chi connectivity index (χ2v) is 3.80. The van der Waals surface area contributed by atoms with E-state index >= 15 is 0 Å². The van der Waals surface area contributed by atoms with Crippen LogP contribution < -0.4 is 5.73 Å². The molecule has 5 nitrogen and oxygen atoms in total. The largest absolute Gasteiger partial charge is 0.477 e. The van der Waals surface area contributed by atoms with Crippen molar-refractivity contribution in [3.05, 3.63) is 29.4 Å². The highest BCUT2D eigenvalue weighted by molar-refractivity contribution is 7.17. The van der Waals surface area contributed by atoms with Crippen LogP contribution in [0.4, 0.5) is 5.13 Å². The number of carboxylic acids is 1. The summed E-state index contributed by atoms with van der Waals surface area (Å²) in [4.78, 5) is 18.9. The summed E-state index contributed by atoms with van der Waals surface area (Å²) in [6, 6.07) is 3.39. The lowest BCUT2D eigenvalue weighted by molar-refractivity contribution is 0.0702. The van der Waals surface area contributed by atoms with E-state index in [1.807, 2.05) is 0 Å². The van der Waals surface area contributed by atoms with E-state index in [0.717, 1.165) is 11.3 Å². The normalized spacial score (nSPS) is 10.1. The van der Waals surface area contributed by atoms with Gasteiger partial charge >= 0.3 is 5.97 Å². The third-order valence-corrected chi connectivity index (χ3v) is 2.66. The molecule has 3 N–H and O–H groups in total. The highest BCUT2D eigenvalue weighted by atomic mass is 32.1. The molecule has 0 saturated carbocycles. The van der Waals surface area contributed by atoms with Crippen molar-refractivity contribution in [3.63, 3.8) is 0 Å². The van der Waals surface area contributed by atoms with Crippen LogP contribution in [0.5, 0.6) is 0 Å². The number of carboxylic acid groups (broad SMARTS) is 1. The predicted molar refractivity (Wildman–Crippen MR) is 56.7 cm³/mol. The number of nitrogen functional groups attached to an aromatic ring is 1. The molecule has 0 aromatic carbocycles. The zero-order valence-corrected chi connectivity index (χ0v) is 8.36. The van der Waals surface area contributed by atoms with Gasteiger partial charge in [-0.1, -0.05) is 11.3 Å². The molecule has 0 unspecified atom stereocenters. The fourth-order valence-electron chi connectivity index (χ4n) is 1.19. The Bertz CT molecular complexity index is 495. The SMILES string of the molecule is Nc1nc(-c2ccncc2)c(C(=O)O)s1. The first-order valence-electron chi connectivity index (χ1n) is 4.08. The fourth-order valence-corrected chi connectivity index (χ4v) is 1.88. The van der Waals surface area contributed by atoms with Gasteiger partial charge in [0.25, 0.3) is 0 Å². The number of carbonyl (C=O) groups is 1. The van der Waals surface area contributed by atoms with E-state index < -0.39 is 5.97 Å². The molecule has 0 aliphatic heterocycles. The molecule has 0 spiro atoms. The first kappa shape index (κ1) is 9.60. The molecule has 0 atom stereocenters. The Morgan fingerprint density at radius 2 is 2.07 bits per heavy atom. The highest BCUT2D eigenvalue weighted by Crippen LogP contribution is 2.28. The second kappa shape index (κ2) is 3.66. The summed E-state index contributed by atoms with van der Waals surface area (Å²) in [6.45, 7) is 0. The maximum absolute atomic E-state index is 10.9. The molecule has 76 valence electrons. The molecule has 0 bridgehead atoms. The van der Waals surface area contributed by atoms with E-state index in [1.165, 1.54) is 0 Å². The van der Waals surface area contributed by atoms with E-state index in [1.54, 1.807) is 24.5 Å². The van der Waals surface area contributed by atoms with Gasteiger partial charge in [0.15, 0.2) is 5.13 Å². The lowest BCUT2D eigenvalue weighted by Crippen LogP contribution is -1.95. The Morgan fingerprint density at radius 3 is 2.67 bits per heavy atom. The van der Waals surface area contributed by atoms with E-state index in [4.69, 9.17) is 10.8 Å². The van der Waals surface area contributed by atoms with Crippen molar-refractivity contribution in [2.45, 2.75) is 0 Å². The van der Waals surface area contributed by atoms with Crippen LogP contribution in [0.2, 0.25) is 0 Å². The Balaban J connectivity index is 2.58. The Hall–Kier alpha value is -1.95. The minimum Gasteiger partial charge on any atom is -0.477 e. The van der Waals surface area contributed by atoms with Crippen molar-refractivity contribution in [1.82, 2.24) is 9.97 Å². The molecule has 2 rings (SSSR count). The van der Waals surface area contributed by atoms with Gasteiger partial charge < -0.3 is 10.8 Å². The van der Waals surface area contributed by atoms with Gasteiger partial charge in [0, 0.05) is 18.0 Å². The number of aromatic carboxylic acids is 1. The number of hydrogen-bond acceptors (Lipinski definition) is 5. The van der Waals surface area contributed by atoms with E-state index in [0.29, 0.717) is 11.3 Å². The van der Waals surface area contributed by atoms with E-state index in [9.17, 15) is 4.79 Å². The Kier molecular flexibility index (Phi) is 2.34. The van der Waals surface area contributed by atoms with Gasteiger partial charge in [-0.05, 0) is 12.1 Å². The van der Waals surface area contributed by atoms with Crippen LogP contribution in [-0.4, -0.2) is 21.0 Å². The Labute approximate surface area is 89.2 Å². The third kappa shape index (κ3) is 1.79. The van der Waals surface area contributed by atoms with Crippen molar-refractivity contribution >= 4 is 22.4 Å². The standard InChI is InChI=1S/C9H7N3O2S/c10-9-12-6(7(15-9)8(13)14)5-1-3-11-4-2-5/h1-4H,(H2,10,12)(H,13,14). The fraction of sp³-hybridized carbons (Fsp3) is 0. The van der Waals surface area contributed by atoms with Crippen LogP contribution in [0.15, 0.2) is 24.5 Å². The van der Waals surface area contributed by atoms with Gasteiger partial charge in [-0.15, -0.1) is 0 Å². The minimum atomic E-state index is -1.02. The topological polar surface area (TPSA) is 89.1 Å². The number of nitrogens with two attached hydrogens (primary N) is 1. The number of rotatable bonds is 2. The van der Waals surface area contributed by atoms with Crippen LogP contribution in [0.25, 0.3) is 11.3 Å². The zero-order valence-electron chi connectivity index (χ0n) is 7.54. The highest BCUT2D eigenvalue weighted by Gasteiger charge is 2.17. The first-order valence-corrected chi connectivity index (χ1v) is 4.90. The summed E-state index contributed by atoms with van der Waals surface area (Å²) in [6.07, 6.45) is 3.16. The molecule has 0 saturated heterocycles. The third-order valence-electron chi connectivity index (χ3n) is 1.79. The lowest BCUT2D eigenvalue weighted by atomic mass is 10.2.